The fourth-order valence-electron chi connectivity index (χ4n) is 2.52. The lowest BCUT2D eigenvalue weighted by atomic mass is 9.90. The molecule has 0 aromatic carbocycles. The summed E-state index contributed by atoms with van der Waals surface area (Å²) in [5.74, 6) is 0.677. The summed E-state index contributed by atoms with van der Waals surface area (Å²) >= 11 is 0. The fraction of sp³-hybridized carbons (Fsp3) is 0.583. The Labute approximate surface area is 83.4 Å². The predicted molar refractivity (Wildman–Crippen MR) is 55.7 cm³/mol. The SMILES string of the molecule is O=c1cc2c(c(C3CC3)[nH]1)CCCC2. The summed E-state index contributed by atoms with van der Waals surface area (Å²) in [4.78, 5) is 14.5. The summed E-state index contributed by atoms with van der Waals surface area (Å²) in [6.45, 7) is 0. The molecule has 1 heterocycles. The van der Waals surface area contributed by atoms with Crippen molar-refractivity contribution in [3.8, 4) is 0 Å². The van der Waals surface area contributed by atoms with Crippen LogP contribution in [0.15, 0.2) is 10.9 Å². The largest absolute Gasteiger partial charge is 0.326 e. The van der Waals surface area contributed by atoms with Gasteiger partial charge in [0.15, 0.2) is 0 Å². The molecule has 0 spiro atoms. The monoisotopic (exact) mass is 189 g/mol. The summed E-state index contributed by atoms with van der Waals surface area (Å²) in [6.07, 6.45) is 7.37. The summed E-state index contributed by atoms with van der Waals surface area (Å²) in [5, 5.41) is 0. The summed E-state index contributed by atoms with van der Waals surface area (Å²) in [6, 6.07) is 1.81. The van der Waals surface area contributed by atoms with Gasteiger partial charge in [0.05, 0.1) is 0 Å². The van der Waals surface area contributed by atoms with Gasteiger partial charge in [-0.2, -0.15) is 0 Å². The van der Waals surface area contributed by atoms with Crippen molar-refractivity contribution in [2.45, 2.75) is 44.4 Å². The number of H-pyrrole nitrogens is 1. The van der Waals surface area contributed by atoms with Crippen molar-refractivity contribution in [3.63, 3.8) is 0 Å². The molecular formula is C12H15NO. The van der Waals surface area contributed by atoms with E-state index in [0.717, 1.165) is 6.42 Å². The van der Waals surface area contributed by atoms with Gasteiger partial charge in [-0.05, 0) is 55.6 Å². The Morgan fingerprint density at radius 1 is 1.21 bits per heavy atom. The van der Waals surface area contributed by atoms with Crippen LogP contribution in [-0.2, 0) is 12.8 Å². The van der Waals surface area contributed by atoms with Gasteiger partial charge in [-0.3, -0.25) is 4.79 Å². The molecule has 14 heavy (non-hydrogen) atoms. The van der Waals surface area contributed by atoms with Gasteiger partial charge in [0.25, 0.3) is 0 Å². The van der Waals surface area contributed by atoms with Gasteiger partial charge in [-0.25, -0.2) is 0 Å². The molecule has 0 radical (unpaired) electrons. The molecule has 2 heteroatoms. The minimum absolute atomic E-state index is 0.104. The number of rotatable bonds is 1. The molecule has 1 fully saturated rings. The van der Waals surface area contributed by atoms with Crippen LogP contribution in [0.1, 0.15) is 48.4 Å². The van der Waals surface area contributed by atoms with Crippen molar-refractivity contribution in [3.05, 3.63) is 33.2 Å². The summed E-state index contributed by atoms with van der Waals surface area (Å²) in [5.41, 5.74) is 4.17. The van der Waals surface area contributed by atoms with Crippen LogP contribution in [0.25, 0.3) is 0 Å². The molecule has 0 unspecified atom stereocenters. The number of fused-ring (bicyclic) bond motifs is 1. The van der Waals surface area contributed by atoms with Gasteiger partial charge in [0, 0.05) is 11.8 Å². The normalized spacial score (nSPS) is 20.6. The molecule has 74 valence electrons. The van der Waals surface area contributed by atoms with Gasteiger partial charge in [0.1, 0.15) is 0 Å². The first kappa shape index (κ1) is 8.27. The van der Waals surface area contributed by atoms with Crippen LogP contribution in [0.4, 0.5) is 0 Å². The molecule has 0 aliphatic heterocycles. The molecule has 2 nitrogen and oxygen atoms in total. The molecule has 1 aromatic heterocycles. The smallest absolute Gasteiger partial charge is 0.248 e. The standard InChI is InChI=1S/C12H15NO/c14-11-7-9-3-1-2-4-10(9)12(13-11)8-5-6-8/h7-8H,1-6H2,(H,13,14). The molecular weight excluding hydrogens is 174 g/mol. The molecule has 1 N–H and O–H groups in total. The zero-order valence-corrected chi connectivity index (χ0v) is 8.31. The maximum Gasteiger partial charge on any atom is 0.248 e. The van der Waals surface area contributed by atoms with Gasteiger partial charge in [0.2, 0.25) is 5.56 Å². The molecule has 0 atom stereocenters. The van der Waals surface area contributed by atoms with Crippen molar-refractivity contribution in [2.75, 3.05) is 0 Å². The third kappa shape index (κ3) is 1.29. The van der Waals surface area contributed by atoms with E-state index in [1.807, 2.05) is 0 Å². The van der Waals surface area contributed by atoms with Crippen molar-refractivity contribution in [2.24, 2.45) is 0 Å². The third-order valence-electron chi connectivity index (χ3n) is 3.38. The minimum Gasteiger partial charge on any atom is -0.326 e. The minimum atomic E-state index is 0.104. The van der Waals surface area contributed by atoms with Gasteiger partial charge >= 0.3 is 0 Å². The number of aromatic nitrogens is 1. The van der Waals surface area contributed by atoms with Crippen LogP contribution < -0.4 is 5.56 Å². The third-order valence-corrected chi connectivity index (χ3v) is 3.38. The highest BCUT2D eigenvalue weighted by atomic mass is 16.1. The maximum atomic E-state index is 11.4. The fourth-order valence-corrected chi connectivity index (χ4v) is 2.52. The maximum absolute atomic E-state index is 11.4. The summed E-state index contributed by atoms with van der Waals surface area (Å²) < 4.78 is 0. The molecule has 3 rings (SSSR count). The van der Waals surface area contributed by atoms with E-state index in [0.29, 0.717) is 5.92 Å². The van der Waals surface area contributed by atoms with Gasteiger partial charge in [-0.15, -0.1) is 0 Å². The number of nitrogens with one attached hydrogen (secondary N) is 1. The van der Waals surface area contributed by atoms with E-state index in [-0.39, 0.29) is 5.56 Å². The van der Waals surface area contributed by atoms with Crippen LogP contribution in [0.2, 0.25) is 0 Å². The molecule has 0 saturated heterocycles. The highest BCUT2D eigenvalue weighted by molar-refractivity contribution is 5.35. The second-order valence-electron chi connectivity index (χ2n) is 4.53. The van der Waals surface area contributed by atoms with E-state index in [1.165, 1.54) is 48.9 Å². The lowest BCUT2D eigenvalue weighted by molar-refractivity contribution is 0.669. The average Bonchev–Trinajstić information content (AvgIpc) is 2.99. The Morgan fingerprint density at radius 3 is 2.79 bits per heavy atom. The van der Waals surface area contributed by atoms with Crippen molar-refractivity contribution < 1.29 is 0 Å². The van der Waals surface area contributed by atoms with Crippen LogP contribution in [0, 0.1) is 0 Å². The number of aryl methyl sites for hydroxylation is 1. The number of aromatic amines is 1. The molecule has 1 aromatic rings. The van der Waals surface area contributed by atoms with Crippen molar-refractivity contribution in [1.29, 1.82) is 0 Å². The second-order valence-corrected chi connectivity index (χ2v) is 4.53. The van der Waals surface area contributed by atoms with E-state index < -0.39 is 0 Å². The lowest BCUT2D eigenvalue weighted by Gasteiger charge is -2.18. The van der Waals surface area contributed by atoms with E-state index >= 15 is 0 Å². The molecule has 2 aliphatic carbocycles. The Bertz CT molecular complexity index is 415. The Morgan fingerprint density at radius 2 is 2.00 bits per heavy atom. The van der Waals surface area contributed by atoms with E-state index in [9.17, 15) is 4.79 Å². The number of hydrogen-bond acceptors (Lipinski definition) is 1. The highest BCUT2D eigenvalue weighted by Gasteiger charge is 2.28. The first-order valence-electron chi connectivity index (χ1n) is 5.59. The highest BCUT2D eigenvalue weighted by Crippen LogP contribution is 2.41. The van der Waals surface area contributed by atoms with Gasteiger partial charge < -0.3 is 4.98 Å². The van der Waals surface area contributed by atoms with Crippen LogP contribution in [0.3, 0.4) is 0 Å². The topological polar surface area (TPSA) is 32.9 Å². The Kier molecular flexibility index (Phi) is 1.76. The molecule has 0 bridgehead atoms. The zero-order chi connectivity index (χ0) is 9.54. The molecule has 2 aliphatic rings. The van der Waals surface area contributed by atoms with Gasteiger partial charge in [-0.1, -0.05) is 0 Å². The average molecular weight is 189 g/mol. The zero-order valence-electron chi connectivity index (χ0n) is 8.31. The Hall–Kier alpha value is -1.05. The quantitative estimate of drug-likeness (QED) is 0.721. The molecule has 1 saturated carbocycles. The number of pyridine rings is 1. The second kappa shape index (κ2) is 2.97. The predicted octanol–water partition coefficient (Wildman–Crippen LogP) is 2.13. The lowest BCUT2D eigenvalue weighted by Crippen LogP contribution is -2.16. The molecule has 0 amide bonds. The van der Waals surface area contributed by atoms with E-state index in [1.54, 1.807) is 6.07 Å². The van der Waals surface area contributed by atoms with Crippen molar-refractivity contribution >= 4 is 0 Å². The van der Waals surface area contributed by atoms with Crippen LogP contribution in [0.5, 0.6) is 0 Å². The first-order valence-corrected chi connectivity index (χ1v) is 5.59. The van der Waals surface area contributed by atoms with E-state index in [2.05, 4.69) is 4.98 Å². The Balaban J connectivity index is 2.16. The van der Waals surface area contributed by atoms with E-state index in [4.69, 9.17) is 0 Å². The van der Waals surface area contributed by atoms with Crippen LogP contribution >= 0.6 is 0 Å². The number of hydrogen-bond donors (Lipinski definition) is 1. The van der Waals surface area contributed by atoms with Crippen LogP contribution in [-0.4, -0.2) is 4.98 Å². The summed E-state index contributed by atoms with van der Waals surface area (Å²) in [7, 11) is 0. The van der Waals surface area contributed by atoms with Crippen molar-refractivity contribution in [1.82, 2.24) is 4.98 Å². The first-order chi connectivity index (χ1) is 6.84.